The van der Waals surface area contributed by atoms with Crippen molar-refractivity contribution in [3.8, 4) is 11.5 Å². The van der Waals surface area contributed by atoms with Gasteiger partial charge in [-0.25, -0.2) is 4.79 Å². The summed E-state index contributed by atoms with van der Waals surface area (Å²) >= 11 is 0. The van der Waals surface area contributed by atoms with Crippen LogP contribution in [0.2, 0.25) is 0 Å². The second-order valence-corrected chi connectivity index (χ2v) is 8.25. The van der Waals surface area contributed by atoms with Crippen LogP contribution >= 0.6 is 0 Å². The minimum Gasteiger partial charge on any atom is -0.426 e. The topological polar surface area (TPSA) is 52.6 Å². The van der Waals surface area contributed by atoms with Crippen molar-refractivity contribution in [1.29, 1.82) is 0 Å². The lowest BCUT2D eigenvalue weighted by Gasteiger charge is -2.28. The Kier molecular flexibility index (Phi) is 8.36. The lowest BCUT2D eigenvalue weighted by molar-refractivity contribution is -0.134. The van der Waals surface area contributed by atoms with Crippen LogP contribution in [0.25, 0.3) is 0 Å². The molecule has 0 bridgehead atoms. The summed E-state index contributed by atoms with van der Waals surface area (Å²) in [6, 6.07) is 11.7. The summed E-state index contributed by atoms with van der Waals surface area (Å²) in [5, 5.41) is 0. The first-order chi connectivity index (χ1) is 15.1. The molecular weight excluding hydrogens is 400 g/mol. The molecular formula is C28H32O4. The van der Waals surface area contributed by atoms with Gasteiger partial charge in [-0.15, -0.1) is 13.2 Å². The Hall–Kier alpha value is -3.40. The molecule has 2 aromatic carbocycles. The highest BCUT2D eigenvalue weighted by Gasteiger charge is 2.26. The molecule has 4 heteroatoms. The smallest absolute Gasteiger partial charge is 0.338 e. The quantitative estimate of drug-likeness (QED) is 0.192. The lowest BCUT2D eigenvalue weighted by atomic mass is 9.76. The largest absolute Gasteiger partial charge is 0.426 e. The number of hydrogen-bond acceptors (Lipinski definition) is 4. The van der Waals surface area contributed by atoms with Gasteiger partial charge in [-0.2, -0.15) is 0 Å². The number of carbonyl (C=O) groups excluding carboxylic acids is 2. The van der Waals surface area contributed by atoms with Crippen LogP contribution in [0.15, 0.2) is 73.9 Å². The highest BCUT2D eigenvalue weighted by molar-refractivity contribution is 5.89. The van der Waals surface area contributed by atoms with Crippen LogP contribution in [0.3, 0.4) is 0 Å². The average Bonchev–Trinajstić information content (AvgIpc) is 2.76. The normalized spacial score (nSPS) is 10.9. The van der Waals surface area contributed by atoms with Crippen molar-refractivity contribution < 1.29 is 19.1 Å². The summed E-state index contributed by atoms with van der Waals surface area (Å²) in [6.07, 6.45) is 5.05. The molecule has 0 amide bonds. The fraction of sp³-hybridized carbons (Fsp3) is 0.286. The molecule has 0 N–H and O–H groups in total. The van der Waals surface area contributed by atoms with E-state index in [4.69, 9.17) is 9.47 Å². The van der Waals surface area contributed by atoms with Crippen molar-refractivity contribution >= 4 is 11.9 Å². The van der Waals surface area contributed by atoms with Crippen LogP contribution in [-0.2, 0) is 27.8 Å². The number of benzene rings is 2. The molecule has 0 atom stereocenters. The maximum absolute atomic E-state index is 12.0. The zero-order valence-corrected chi connectivity index (χ0v) is 19.5. The third-order valence-corrected chi connectivity index (χ3v) is 5.36. The molecule has 0 aliphatic rings. The van der Waals surface area contributed by atoms with Crippen LogP contribution in [-0.4, -0.2) is 11.9 Å². The predicted molar refractivity (Wildman–Crippen MR) is 129 cm³/mol. The van der Waals surface area contributed by atoms with E-state index in [9.17, 15) is 9.59 Å². The number of hydrogen-bond donors (Lipinski definition) is 0. The van der Waals surface area contributed by atoms with E-state index in [0.717, 1.165) is 22.3 Å². The number of allylic oxidation sites excluding steroid dienone is 2. The maximum Gasteiger partial charge on any atom is 0.338 e. The molecule has 0 heterocycles. The third kappa shape index (κ3) is 5.85. The van der Waals surface area contributed by atoms with E-state index in [1.54, 1.807) is 26.0 Å². The van der Waals surface area contributed by atoms with E-state index in [1.165, 1.54) is 0 Å². The molecule has 0 fully saturated rings. The number of ether oxygens (including phenoxy) is 2. The first-order valence-electron chi connectivity index (χ1n) is 10.7. The minimum atomic E-state index is -0.450. The van der Waals surface area contributed by atoms with Gasteiger partial charge in [0.15, 0.2) is 0 Å². The van der Waals surface area contributed by atoms with Gasteiger partial charge in [0.2, 0.25) is 0 Å². The van der Waals surface area contributed by atoms with Gasteiger partial charge in [0, 0.05) is 17.4 Å². The zero-order chi connectivity index (χ0) is 23.9. The van der Waals surface area contributed by atoms with E-state index in [2.05, 4.69) is 39.7 Å². The fourth-order valence-corrected chi connectivity index (χ4v) is 3.31. The molecule has 2 rings (SSSR count). The van der Waals surface area contributed by atoms with Crippen molar-refractivity contribution in [2.24, 2.45) is 0 Å². The SMILES string of the molecule is C=CCc1cc(C(C)(C)c2ccc(OC(=O)C(=C)C)c(CC=C)c2)ccc1OC(=O)CC. The molecule has 0 radical (unpaired) electrons. The Bertz CT molecular complexity index is 1040. The van der Waals surface area contributed by atoms with Crippen molar-refractivity contribution in [3.05, 3.63) is 96.1 Å². The van der Waals surface area contributed by atoms with E-state index < -0.39 is 5.97 Å². The zero-order valence-electron chi connectivity index (χ0n) is 19.5. The molecule has 168 valence electrons. The molecule has 4 nitrogen and oxygen atoms in total. The second kappa shape index (κ2) is 10.8. The molecule has 0 aromatic heterocycles. The average molecular weight is 433 g/mol. The highest BCUT2D eigenvalue weighted by atomic mass is 16.5. The Balaban J connectivity index is 2.48. The summed E-state index contributed by atoms with van der Waals surface area (Å²) < 4.78 is 11.0. The number of carbonyl (C=O) groups is 2. The standard InChI is InChI=1S/C28H32O4/c1-8-11-20-17-22(13-15-24(20)31-26(29)10-3)28(6,7)23-14-16-25(21(18-23)12-9-2)32-27(30)19(4)5/h8-9,13-18H,1-2,4,10-12H2,3,5-7H3. The highest BCUT2D eigenvalue weighted by Crippen LogP contribution is 2.36. The third-order valence-electron chi connectivity index (χ3n) is 5.36. The first kappa shape index (κ1) is 24.9. The summed E-state index contributed by atoms with van der Waals surface area (Å²) in [5.74, 6) is 0.349. The molecule has 2 aromatic rings. The van der Waals surface area contributed by atoms with E-state index in [0.29, 0.717) is 36.3 Å². The van der Waals surface area contributed by atoms with Gasteiger partial charge < -0.3 is 9.47 Å². The van der Waals surface area contributed by atoms with Crippen molar-refractivity contribution in [3.63, 3.8) is 0 Å². The van der Waals surface area contributed by atoms with Crippen molar-refractivity contribution in [2.75, 3.05) is 0 Å². The molecule has 0 aliphatic heterocycles. The Morgan fingerprint density at radius 2 is 1.38 bits per heavy atom. The van der Waals surface area contributed by atoms with Crippen LogP contribution < -0.4 is 9.47 Å². The van der Waals surface area contributed by atoms with Crippen LogP contribution in [0, 0.1) is 0 Å². The first-order valence-corrected chi connectivity index (χ1v) is 10.7. The Labute approximate surface area is 191 Å². The molecule has 0 unspecified atom stereocenters. The van der Waals surface area contributed by atoms with Gasteiger partial charge in [0.25, 0.3) is 0 Å². The van der Waals surface area contributed by atoms with Gasteiger partial charge in [0.1, 0.15) is 11.5 Å². The minimum absolute atomic E-state index is 0.267. The second-order valence-electron chi connectivity index (χ2n) is 8.25. The molecule has 32 heavy (non-hydrogen) atoms. The molecule has 0 spiro atoms. The van der Waals surface area contributed by atoms with Crippen molar-refractivity contribution in [1.82, 2.24) is 0 Å². The summed E-state index contributed by atoms with van der Waals surface area (Å²) in [4.78, 5) is 23.8. The fourth-order valence-electron chi connectivity index (χ4n) is 3.31. The van der Waals surface area contributed by atoms with Crippen LogP contribution in [0.4, 0.5) is 0 Å². The van der Waals surface area contributed by atoms with Crippen LogP contribution in [0.5, 0.6) is 11.5 Å². The van der Waals surface area contributed by atoms with Crippen molar-refractivity contribution in [2.45, 2.75) is 52.4 Å². The molecule has 0 aliphatic carbocycles. The van der Waals surface area contributed by atoms with E-state index >= 15 is 0 Å². The van der Waals surface area contributed by atoms with Gasteiger partial charge in [0.05, 0.1) is 0 Å². The van der Waals surface area contributed by atoms with Gasteiger partial charge in [-0.05, 0) is 54.2 Å². The Morgan fingerprint density at radius 3 is 1.78 bits per heavy atom. The monoisotopic (exact) mass is 432 g/mol. The van der Waals surface area contributed by atoms with Gasteiger partial charge >= 0.3 is 11.9 Å². The van der Waals surface area contributed by atoms with E-state index in [-0.39, 0.29) is 11.4 Å². The van der Waals surface area contributed by atoms with Crippen LogP contribution in [0.1, 0.15) is 56.4 Å². The van der Waals surface area contributed by atoms with Gasteiger partial charge in [-0.3, -0.25) is 4.79 Å². The van der Waals surface area contributed by atoms with E-state index in [1.807, 2.05) is 30.3 Å². The summed E-state index contributed by atoms with van der Waals surface area (Å²) in [6.45, 7) is 18.9. The predicted octanol–water partition coefficient (Wildman–Crippen LogP) is 6.27. The maximum atomic E-state index is 12.0. The lowest BCUT2D eigenvalue weighted by Crippen LogP contribution is -2.20. The number of rotatable bonds is 10. The Morgan fingerprint density at radius 1 is 0.906 bits per heavy atom. The van der Waals surface area contributed by atoms with Gasteiger partial charge in [-0.1, -0.05) is 63.8 Å². The summed E-state index contributed by atoms with van der Waals surface area (Å²) in [5.41, 5.74) is 3.91. The summed E-state index contributed by atoms with van der Waals surface area (Å²) in [7, 11) is 0. The molecule has 0 saturated heterocycles. The molecule has 0 saturated carbocycles. The number of esters is 2.